The van der Waals surface area contributed by atoms with Crippen molar-refractivity contribution in [3.8, 4) is 17.2 Å². The van der Waals surface area contributed by atoms with Crippen LogP contribution in [0.3, 0.4) is 0 Å². The van der Waals surface area contributed by atoms with Gasteiger partial charge in [-0.05, 0) is 36.2 Å². The molecule has 0 atom stereocenters. The van der Waals surface area contributed by atoms with Gasteiger partial charge in [-0.15, -0.1) is 0 Å². The van der Waals surface area contributed by atoms with Gasteiger partial charge in [-0.1, -0.05) is 19.9 Å². The summed E-state index contributed by atoms with van der Waals surface area (Å²) in [6, 6.07) is 12.7. The molecule has 2 aliphatic rings. The maximum Gasteiger partial charge on any atom is 0.253 e. The van der Waals surface area contributed by atoms with Gasteiger partial charge >= 0.3 is 0 Å². The van der Waals surface area contributed by atoms with Crippen LogP contribution < -0.4 is 14.2 Å². The van der Waals surface area contributed by atoms with Crippen molar-refractivity contribution in [2.75, 3.05) is 26.8 Å². The van der Waals surface area contributed by atoms with Crippen LogP contribution in [0.5, 0.6) is 17.2 Å². The number of ketones is 1. The number of methoxy groups -OCH3 is 1. The summed E-state index contributed by atoms with van der Waals surface area (Å²) in [7, 11) is 1.59. The summed E-state index contributed by atoms with van der Waals surface area (Å²) in [4.78, 5) is 27.6. The third-order valence-corrected chi connectivity index (χ3v) is 5.92. The monoisotopic (exact) mass is 423 g/mol. The fourth-order valence-corrected chi connectivity index (χ4v) is 4.16. The van der Waals surface area contributed by atoms with Crippen molar-refractivity contribution in [1.29, 1.82) is 0 Å². The van der Waals surface area contributed by atoms with E-state index in [-0.39, 0.29) is 11.7 Å². The number of ether oxygens (including phenoxy) is 3. The minimum absolute atomic E-state index is 0.0194. The van der Waals surface area contributed by atoms with Crippen molar-refractivity contribution >= 4 is 11.7 Å². The predicted octanol–water partition coefficient (Wildman–Crippen LogP) is 4.37. The summed E-state index contributed by atoms with van der Waals surface area (Å²) in [6.07, 6.45) is 1.57. The molecule has 164 valence electrons. The molecule has 1 amide bonds. The van der Waals surface area contributed by atoms with Crippen molar-refractivity contribution in [2.24, 2.45) is 5.92 Å². The van der Waals surface area contributed by atoms with Gasteiger partial charge in [0.2, 0.25) is 0 Å². The highest BCUT2D eigenvalue weighted by atomic mass is 16.5. The van der Waals surface area contributed by atoms with E-state index in [4.69, 9.17) is 14.2 Å². The van der Waals surface area contributed by atoms with Crippen LogP contribution in [-0.4, -0.2) is 49.0 Å². The molecule has 1 fully saturated rings. The molecule has 6 nitrogen and oxygen atoms in total. The number of Topliss-reactive ketones (excluding diaryl/α,β-unsaturated/α-hetero) is 1. The number of hydrogen-bond acceptors (Lipinski definition) is 5. The Hall–Kier alpha value is -3.02. The minimum atomic E-state index is -0.560. The Morgan fingerprint density at radius 3 is 2.61 bits per heavy atom. The quantitative estimate of drug-likeness (QED) is 0.715. The molecule has 1 spiro atoms. The maximum atomic E-state index is 13.1. The highest BCUT2D eigenvalue weighted by molar-refractivity contribution is 6.00. The van der Waals surface area contributed by atoms with Gasteiger partial charge in [0, 0.05) is 37.6 Å². The van der Waals surface area contributed by atoms with E-state index >= 15 is 0 Å². The Kier molecular flexibility index (Phi) is 5.90. The maximum absolute atomic E-state index is 13.1. The van der Waals surface area contributed by atoms with Crippen LogP contribution in [0.1, 0.15) is 53.8 Å². The lowest BCUT2D eigenvalue weighted by atomic mass is 9.82. The summed E-state index contributed by atoms with van der Waals surface area (Å²) in [6.45, 7) is 5.88. The van der Waals surface area contributed by atoms with Gasteiger partial charge in [-0.3, -0.25) is 9.59 Å². The van der Waals surface area contributed by atoms with Gasteiger partial charge in [-0.25, -0.2) is 0 Å². The number of carbonyl (C=O) groups excluding carboxylic acids is 2. The van der Waals surface area contributed by atoms with Crippen LogP contribution >= 0.6 is 0 Å². The molecule has 6 heteroatoms. The summed E-state index contributed by atoms with van der Waals surface area (Å²) < 4.78 is 17.4. The van der Waals surface area contributed by atoms with Gasteiger partial charge in [0.1, 0.15) is 22.8 Å². The van der Waals surface area contributed by atoms with Crippen LogP contribution in [-0.2, 0) is 0 Å². The number of amides is 1. The number of fused-ring (bicyclic) bond motifs is 1. The summed E-state index contributed by atoms with van der Waals surface area (Å²) in [5.74, 6) is 2.43. The normalized spacial score (nSPS) is 17.3. The molecule has 0 radical (unpaired) electrons. The predicted molar refractivity (Wildman–Crippen MR) is 117 cm³/mol. The van der Waals surface area contributed by atoms with E-state index in [9.17, 15) is 9.59 Å². The van der Waals surface area contributed by atoms with Gasteiger partial charge < -0.3 is 19.1 Å². The van der Waals surface area contributed by atoms with E-state index in [2.05, 4.69) is 13.8 Å². The summed E-state index contributed by atoms with van der Waals surface area (Å²) in [5, 5.41) is 0. The largest absolute Gasteiger partial charge is 0.497 e. The summed E-state index contributed by atoms with van der Waals surface area (Å²) in [5.41, 5.74) is 0.659. The fourth-order valence-electron chi connectivity index (χ4n) is 4.16. The standard InChI is InChI=1S/C25H29NO5/c1-17(2)16-30-20-6-4-5-18(13-20)24(28)26-11-9-25(10-12-26)15-22(27)21-8-7-19(29-3)14-23(21)31-25/h4-8,13-14,17H,9-12,15-16H2,1-3H3. The zero-order valence-corrected chi connectivity index (χ0v) is 18.3. The van der Waals surface area contributed by atoms with Gasteiger partial charge in [0.15, 0.2) is 5.78 Å². The van der Waals surface area contributed by atoms with E-state index < -0.39 is 5.60 Å². The minimum Gasteiger partial charge on any atom is -0.497 e. The van der Waals surface area contributed by atoms with Crippen molar-refractivity contribution < 1.29 is 23.8 Å². The number of carbonyl (C=O) groups is 2. The highest BCUT2D eigenvalue weighted by Crippen LogP contribution is 2.41. The summed E-state index contributed by atoms with van der Waals surface area (Å²) >= 11 is 0. The lowest BCUT2D eigenvalue weighted by molar-refractivity contribution is -0.00582. The van der Waals surface area contributed by atoms with E-state index in [0.717, 1.165) is 0 Å². The molecule has 0 bridgehead atoms. The first-order valence-corrected chi connectivity index (χ1v) is 10.8. The first kappa shape index (κ1) is 21.2. The molecule has 0 aromatic heterocycles. The molecule has 0 N–H and O–H groups in total. The Bertz CT molecular complexity index is 976. The number of hydrogen-bond donors (Lipinski definition) is 0. The molecule has 1 saturated heterocycles. The Morgan fingerprint density at radius 1 is 1.13 bits per heavy atom. The second kappa shape index (κ2) is 8.61. The lowest BCUT2D eigenvalue weighted by Crippen LogP contribution is -2.52. The van der Waals surface area contributed by atoms with E-state index in [1.807, 2.05) is 23.1 Å². The molecular weight excluding hydrogens is 394 g/mol. The number of nitrogens with zero attached hydrogens (tertiary/aromatic N) is 1. The molecule has 2 aromatic carbocycles. The fraction of sp³-hybridized carbons (Fsp3) is 0.440. The second-order valence-electron chi connectivity index (χ2n) is 8.77. The zero-order valence-electron chi connectivity index (χ0n) is 18.3. The van der Waals surface area contributed by atoms with Crippen LogP contribution in [0.25, 0.3) is 0 Å². The first-order chi connectivity index (χ1) is 14.9. The first-order valence-electron chi connectivity index (χ1n) is 10.8. The van der Waals surface area contributed by atoms with Gasteiger partial charge in [-0.2, -0.15) is 0 Å². The Morgan fingerprint density at radius 2 is 1.90 bits per heavy atom. The second-order valence-corrected chi connectivity index (χ2v) is 8.77. The Balaban J connectivity index is 1.43. The molecule has 2 aliphatic heterocycles. The average molecular weight is 424 g/mol. The van der Waals surface area contributed by atoms with Crippen molar-refractivity contribution in [2.45, 2.75) is 38.7 Å². The number of benzene rings is 2. The molecule has 4 rings (SSSR count). The van der Waals surface area contributed by atoms with Crippen LogP contribution in [0.2, 0.25) is 0 Å². The lowest BCUT2D eigenvalue weighted by Gasteiger charge is -2.44. The van der Waals surface area contributed by atoms with Gasteiger partial charge in [0.25, 0.3) is 5.91 Å². The smallest absolute Gasteiger partial charge is 0.253 e. The molecule has 2 aromatic rings. The number of rotatable bonds is 5. The molecule has 2 heterocycles. The van der Waals surface area contributed by atoms with Crippen molar-refractivity contribution in [1.82, 2.24) is 4.90 Å². The zero-order chi connectivity index (χ0) is 22.0. The SMILES string of the molecule is COc1ccc2c(c1)OC1(CCN(C(=O)c3cccc(OCC(C)C)c3)CC1)CC2=O. The third-order valence-electron chi connectivity index (χ3n) is 5.92. The van der Waals surface area contributed by atoms with Crippen molar-refractivity contribution in [3.63, 3.8) is 0 Å². The van der Waals surface area contributed by atoms with Gasteiger partial charge in [0.05, 0.1) is 25.7 Å². The molecule has 0 unspecified atom stereocenters. The third kappa shape index (κ3) is 4.53. The van der Waals surface area contributed by atoms with E-state index in [0.29, 0.717) is 73.3 Å². The number of likely N-dealkylation sites (tertiary alicyclic amines) is 1. The average Bonchev–Trinajstić information content (AvgIpc) is 2.77. The van der Waals surface area contributed by atoms with E-state index in [1.54, 1.807) is 31.4 Å². The topological polar surface area (TPSA) is 65.1 Å². The van der Waals surface area contributed by atoms with Crippen molar-refractivity contribution in [3.05, 3.63) is 53.6 Å². The Labute approximate surface area is 183 Å². The van der Waals surface area contributed by atoms with E-state index in [1.165, 1.54) is 0 Å². The molecule has 0 saturated carbocycles. The highest BCUT2D eigenvalue weighted by Gasteiger charge is 2.43. The van der Waals surface area contributed by atoms with Crippen LogP contribution in [0, 0.1) is 5.92 Å². The molecule has 31 heavy (non-hydrogen) atoms. The van der Waals surface area contributed by atoms with Crippen LogP contribution in [0.15, 0.2) is 42.5 Å². The number of piperidine rings is 1. The molecule has 0 aliphatic carbocycles. The van der Waals surface area contributed by atoms with Crippen LogP contribution in [0.4, 0.5) is 0 Å². The molecular formula is C25H29NO5.